The van der Waals surface area contributed by atoms with Crippen molar-refractivity contribution in [3.63, 3.8) is 0 Å². The fourth-order valence-electron chi connectivity index (χ4n) is 2.54. The molecule has 2 aromatic rings. The second-order valence-corrected chi connectivity index (χ2v) is 5.28. The van der Waals surface area contributed by atoms with Gasteiger partial charge in [0.2, 0.25) is 0 Å². The molecule has 0 aliphatic carbocycles. The third-order valence-corrected chi connectivity index (χ3v) is 3.81. The maximum atomic E-state index is 11.1. The molecule has 0 aromatic heterocycles. The summed E-state index contributed by atoms with van der Waals surface area (Å²) in [5.41, 5.74) is 9.42. The Labute approximate surface area is 125 Å². The number of carboxylic acid groups (broad SMARTS) is 1. The number of aliphatic carboxylic acids is 1. The third kappa shape index (κ3) is 3.92. The van der Waals surface area contributed by atoms with Crippen LogP contribution >= 0.6 is 0 Å². The Hall–Kier alpha value is -2.13. The van der Waals surface area contributed by atoms with Gasteiger partial charge in [-0.05, 0) is 29.5 Å². The molecule has 0 spiro atoms. The van der Waals surface area contributed by atoms with Crippen molar-refractivity contribution in [3.05, 3.63) is 60.2 Å². The molecule has 0 saturated carbocycles. The summed E-state index contributed by atoms with van der Waals surface area (Å²) in [4.78, 5) is 11.1. The van der Waals surface area contributed by atoms with Crippen molar-refractivity contribution < 1.29 is 9.90 Å². The molecule has 0 bridgehead atoms. The average Bonchev–Trinajstić information content (AvgIpc) is 2.49. The zero-order valence-electron chi connectivity index (χ0n) is 12.2. The van der Waals surface area contributed by atoms with Crippen LogP contribution in [-0.2, 0) is 11.2 Å². The van der Waals surface area contributed by atoms with Crippen LogP contribution in [-0.4, -0.2) is 17.1 Å². The molecule has 0 amide bonds. The molecule has 110 valence electrons. The largest absolute Gasteiger partial charge is 0.481 e. The first-order valence-corrected chi connectivity index (χ1v) is 7.24. The van der Waals surface area contributed by atoms with Gasteiger partial charge in [-0.15, -0.1) is 0 Å². The molecule has 0 aliphatic heterocycles. The minimum absolute atomic E-state index is 0.352. The molecular formula is C18H21NO2. The predicted octanol–water partition coefficient (Wildman–Crippen LogP) is 3.33. The first-order valence-electron chi connectivity index (χ1n) is 7.24. The Kier molecular flexibility index (Phi) is 5.12. The van der Waals surface area contributed by atoms with Crippen LogP contribution in [0.4, 0.5) is 0 Å². The summed E-state index contributed by atoms with van der Waals surface area (Å²) in [6.45, 7) is 1.86. The summed E-state index contributed by atoms with van der Waals surface area (Å²) in [5.74, 6) is -1.30. The first-order chi connectivity index (χ1) is 10.1. The summed E-state index contributed by atoms with van der Waals surface area (Å²) in [6.07, 6.45) is 1.14. The predicted molar refractivity (Wildman–Crippen MR) is 85.0 cm³/mol. The molecule has 3 heteroatoms. The lowest BCUT2D eigenvalue weighted by Gasteiger charge is -2.18. The molecule has 1 unspecified atom stereocenters. The van der Waals surface area contributed by atoms with Gasteiger partial charge in [-0.1, -0.05) is 61.5 Å². The van der Waals surface area contributed by atoms with E-state index in [1.165, 1.54) is 5.56 Å². The van der Waals surface area contributed by atoms with E-state index in [0.717, 1.165) is 11.1 Å². The topological polar surface area (TPSA) is 63.3 Å². The van der Waals surface area contributed by atoms with Crippen LogP contribution in [0.1, 0.15) is 18.9 Å². The van der Waals surface area contributed by atoms with E-state index in [4.69, 9.17) is 10.8 Å². The lowest BCUT2D eigenvalue weighted by molar-refractivity contribution is -0.142. The molecule has 0 saturated heterocycles. The molecule has 21 heavy (non-hydrogen) atoms. The molecule has 0 radical (unpaired) electrons. The van der Waals surface area contributed by atoms with Gasteiger partial charge in [0.15, 0.2) is 0 Å². The molecule has 0 heterocycles. The minimum atomic E-state index is -0.814. The number of hydrogen-bond acceptors (Lipinski definition) is 2. The maximum absolute atomic E-state index is 11.1. The summed E-state index contributed by atoms with van der Waals surface area (Å²) < 4.78 is 0. The Balaban J connectivity index is 2.08. The summed E-state index contributed by atoms with van der Waals surface area (Å²) >= 11 is 0. The number of nitrogens with two attached hydrogens (primary N) is 1. The standard InChI is InChI=1S/C18H21NO2/c1-2-16(18(20)21)17(19)12-13-8-10-15(11-9-13)14-6-4-3-5-7-14/h3-11,16-17H,2,12,19H2,1H3,(H,20,21)/t16-,17?/m1/s1. The molecule has 3 N–H and O–H groups in total. The van der Waals surface area contributed by atoms with E-state index >= 15 is 0 Å². The van der Waals surface area contributed by atoms with E-state index in [1.807, 2.05) is 37.3 Å². The van der Waals surface area contributed by atoms with Crippen LogP contribution in [0, 0.1) is 5.92 Å². The second kappa shape index (κ2) is 7.04. The fraction of sp³-hybridized carbons (Fsp3) is 0.278. The van der Waals surface area contributed by atoms with Gasteiger partial charge in [0, 0.05) is 6.04 Å². The quantitative estimate of drug-likeness (QED) is 0.854. The highest BCUT2D eigenvalue weighted by atomic mass is 16.4. The van der Waals surface area contributed by atoms with Crippen molar-refractivity contribution in [1.82, 2.24) is 0 Å². The highest BCUT2D eigenvalue weighted by molar-refractivity contribution is 5.71. The van der Waals surface area contributed by atoms with Gasteiger partial charge in [0.1, 0.15) is 0 Å². The van der Waals surface area contributed by atoms with E-state index in [-0.39, 0.29) is 6.04 Å². The molecule has 2 atom stereocenters. The van der Waals surface area contributed by atoms with E-state index in [9.17, 15) is 4.79 Å². The van der Waals surface area contributed by atoms with E-state index < -0.39 is 11.9 Å². The second-order valence-electron chi connectivity index (χ2n) is 5.28. The molecular weight excluding hydrogens is 262 g/mol. The van der Waals surface area contributed by atoms with Crippen LogP contribution in [0.25, 0.3) is 11.1 Å². The van der Waals surface area contributed by atoms with Crippen molar-refractivity contribution >= 4 is 5.97 Å². The molecule has 3 nitrogen and oxygen atoms in total. The molecule has 0 aliphatic rings. The summed E-state index contributed by atoms with van der Waals surface area (Å²) in [7, 11) is 0. The van der Waals surface area contributed by atoms with Gasteiger partial charge in [0.25, 0.3) is 0 Å². The summed E-state index contributed by atoms with van der Waals surface area (Å²) in [6, 6.07) is 18.0. The maximum Gasteiger partial charge on any atom is 0.308 e. The molecule has 2 aromatic carbocycles. The Bertz CT molecular complexity index is 578. The Morgan fingerprint density at radius 2 is 1.62 bits per heavy atom. The lowest BCUT2D eigenvalue weighted by atomic mass is 9.91. The van der Waals surface area contributed by atoms with Gasteiger partial charge in [-0.3, -0.25) is 4.79 Å². The van der Waals surface area contributed by atoms with Gasteiger partial charge in [-0.2, -0.15) is 0 Å². The van der Waals surface area contributed by atoms with Crippen molar-refractivity contribution in [2.24, 2.45) is 11.7 Å². The smallest absolute Gasteiger partial charge is 0.308 e. The van der Waals surface area contributed by atoms with Crippen molar-refractivity contribution in [3.8, 4) is 11.1 Å². The molecule has 0 fully saturated rings. The number of carbonyl (C=O) groups is 1. The van der Waals surface area contributed by atoms with Crippen LogP contribution in [0.2, 0.25) is 0 Å². The normalized spacial score (nSPS) is 13.6. The highest BCUT2D eigenvalue weighted by Gasteiger charge is 2.23. The third-order valence-electron chi connectivity index (χ3n) is 3.81. The van der Waals surface area contributed by atoms with Gasteiger partial charge < -0.3 is 10.8 Å². The SMILES string of the molecule is CC[C@@H](C(=O)O)C(N)Cc1ccc(-c2ccccc2)cc1. The van der Waals surface area contributed by atoms with Crippen LogP contribution in [0.5, 0.6) is 0 Å². The number of carboxylic acids is 1. The van der Waals surface area contributed by atoms with E-state index in [2.05, 4.69) is 24.3 Å². The van der Waals surface area contributed by atoms with Gasteiger partial charge >= 0.3 is 5.97 Å². The first kappa shape index (κ1) is 15.3. The zero-order chi connectivity index (χ0) is 15.2. The Morgan fingerprint density at radius 3 is 2.14 bits per heavy atom. The summed E-state index contributed by atoms with van der Waals surface area (Å²) in [5, 5.41) is 9.13. The van der Waals surface area contributed by atoms with Crippen LogP contribution in [0.3, 0.4) is 0 Å². The van der Waals surface area contributed by atoms with Gasteiger partial charge in [0.05, 0.1) is 5.92 Å². The highest BCUT2D eigenvalue weighted by Crippen LogP contribution is 2.20. The van der Waals surface area contributed by atoms with Crippen molar-refractivity contribution in [2.75, 3.05) is 0 Å². The lowest BCUT2D eigenvalue weighted by Crippen LogP contribution is -2.36. The number of benzene rings is 2. The minimum Gasteiger partial charge on any atom is -0.481 e. The monoisotopic (exact) mass is 283 g/mol. The van der Waals surface area contributed by atoms with Crippen LogP contribution in [0.15, 0.2) is 54.6 Å². The van der Waals surface area contributed by atoms with E-state index in [1.54, 1.807) is 0 Å². The van der Waals surface area contributed by atoms with Crippen molar-refractivity contribution in [2.45, 2.75) is 25.8 Å². The molecule has 2 rings (SSSR count). The number of hydrogen-bond donors (Lipinski definition) is 2. The van der Waals surface area contributed by atoms with E-state index in [0.29, 0.717) is 12.8 Å². The van der Waals surface area contributed by atoms with Crippen LogP contribution < -0.4 is 5.73 Å². The average molecular weight is 283 g/mol. The van der Waals surface area contributed by atoms with Gasteiger partial charge in [-0.25, -0.2) is 0 Å². The van der Waals surface area contributed by atoms with Crippen molar-refractivity contribution in [1.29, 1.82) is 0 Å². The zero-order valence-corrected chi connectivity index (χ0v) is 12.2. The Morgan fingerprint density at radius 1 is 1.05 bits per heavy atom. The fourth-order valence-corrected chi connectivity index (χ4v) is 2.54. The number of rotatable bonds is 6.